The van der Waals surface area contributed by atoms with Gasteiger partial charge < -0.3 is 10.0 Å². The molecule has 138 valence electrons. The van der Waals surface area contributed by atoms with Crippen molar-refractivity contribution in [3.05, 3.63) is 40.9 Å². The quantitative estimate of drug-likeness (QED) is 0.867. The smallest absolute Gasteiger partial charge is 0.306 e. The second kappa shape index (κ2) is 7.99. The molecule has 1 fully saturated rings. The molecule has 0 saturated carbocycles. The van der Waals surface area contributed by atoms with Gasteiger partial charge in [-0.15, -0.1) is 11.3 Å². The van der Waals surface area contributed by atoms with Gasteiger partial charge in [-0.25, -0.2) is 4.98 Å². The highest BCUT2D eigenvalue weighted by Gasteiger charge is 2.27. The van der Waals surface area contributed by atoms with Crippen LogP contribution < -0.4 is 0 Å². The number of benzene rings is 1. The van der Waals surface area contributed by atoms with Crippen molar-refractivity contribution in [1.82, 2.24) is 9.88 Å². The topological polar surface area (TPSA) is 70.5 Å². The Labute approximate surface area is 157 Å². The van der Waals surface area contributed by atoms with Crippen LogP contribution in [0.5, 0.6) is 0 Å². The molecule has 1 amide bonds. The van der Waals surface area contributed by atoms with Crippen LogP contribution in [0.2, 0.25) is 0 Å². The van der Waals surface area contributed by atoms with Gasteiger partial charge in [0.2, 0.25) is 5.91 Å². The fraction of sp³-hybridized carbons (Fsp3) is 0.450. The van der Waals surface area contributed by atoms with E-state index in [1.54, 1.807) is 16.2 Å². The van der Waals surface area contributed by atoms with Crippen molar-refractivity contribution < 1.29 is 14.7 Å². The molecule has 3 rings (SSSR count). The van der Waals surface area contributed by atoms with Crippen molar-refractivity contribution in [2.24, 2.45) is 5.92 Å². The maximum atomic E-state index is 12.5. The van der Waals surface area contributed by atoms with Crippen molar-refractivity contribution >= 4 is 23.2 Å². The average molecular weight is 372 g/mol. The molecule has 1 aliphatic heterocycles. The normalized spacial score (nSPS) is 15.4. The number of aromatic nitrogens is 1. The molecule has 0 radical (unpaired) electrons. The van der Waals surface area contributed by atoms with Crippen LogP contribution >= 0.6 is 11.3 Å². The third-order valence-corrected chi connectivity index (χ3v) is 5.85. The maximum absolute atomic E-state index is 12.5. The van der Waals surface area contributed by atoms with Gasteiger partial charge in [0.15, 0.2) is 0 Å². The molecule has 0 spiro atoms. The lowest BCUT2D eigenvalue weighted by Crippen LogP contribution is -2.41. The Hall–Kier alpha value is -2.21. The minimum Gasteiger partial charge on any atom is -0.481 e. The van der Waals surface area contributed by atoms with Gasteiger partial charge in [0.25, 0.3) is 0 Å². The number of aliphatic carboxylic acids is 1. The number of nitrogens with zero attached hydrogens (tertiary/aromatic N) is 2. The van der Waals surface area contributed by atoms with E-state index in [1.807, 2.05) is 5.38 Å². The fourth-order valence-corrected chi connectivity index (χ4v) is 4.00. The van der Waals surface area contributed by atoms with Crippen LogP contribution in [0.15, 0.2) is 29.6 Å². The van der Waals surface area contributed by atoms with Crippen molar-refractivity contribution in [3.8, 4) is 10.6 Å². The lowest BCUT2D eigenvalue weighted by atomic mass is 9.97. The Balaban J connectivity index is 1.60. The maximum Gasteiger partial charge on any atom is 0.306 e. The highest BCUT2D eigenvalue weighted by Crippen LogP contribution is 2.26. The predicted molar refractivity (Wildman–Crippen MR) is 102 cm³/mol. The molecular weight excluding hydrogens is 348 g/mol. The number of piperidine rings is 1. The molecule has 0 bridgehead atoms. The van der Waals surface area contributed by atoms with Gasteiger partial charge in [0.1, 0.15) is 5.01 Å². The van der Waals surface area contributed by atoms with Gasteiger partial charge in [0.05, 0.1) is 18.0 Å². The second-order valence-corrected chi connectivity index (χ2v) is 7.95. The van der Waals surface area contributed by atoms with E-state index in [9.17, 15) is 9.59 Å². The summed E-state index contributed by atoms with van der Waals surface area (Å²) in [5.74, 6) is -0.553. The summed E-state index contributed by atoms with van der Waals surface area (Å²) in [7, 11) is 0. The number of carbonyl (C=O) groups is 2. The minimum absolute atomic E-state index is 0.0286. The summed E-state index contributed by atoms with van der Waals surface area (Å²) >= 11 is 1.55. The van der Waals surface area contributed by atoms with Crippen LogP contribution in [0.3, 0.4) is 0 Å². The molecule has 0 atom stereocenters. The largest absolute Gasteiger partial charge is 0.481 e. The van der Waals surface area contributed by atoms with E-state index in [2.05, 4.69) is 43.1 Å². The molecule has 5 nitrogen and oxygen atoms in total. The number of amides is 1. The van der Waals surface area contributed by atoms with Crippen molar-refractivity contribution in [2.45, 2.75) is 39.0 Å². The van der Waals surface area contributed by atoms with E-state index >= 15 is 0 Å². The summed E-state index contributed by atoms with van der Waals surface area (Å²) < 4.78 is 0. The summed E-state index contributed by atoms with van der Waals surface area (Å²) in [5.41, 5.74) is 3.15. The van der Waals surface area contributed by atoms with E-state index in [0.29, 0.717) is 31.8 Å². The molecule has 2 aromatic rings. The molecule has 0 aliphatic carbocycles. The second-order valence-electron chi connectivity index (χ2n) is 7.09. The van der Waals surface area contributed by atoms with Crippen molar-refractivity contribution in [2.75, 3.05) is 13.1 Å². The first-order valence-corrected chi connectivity index (χ1v) is 9.87. The number of carboxylic acid groups (broad SMARTS) is 1. The molecule has 1 N–H and O–H groups in total. The van der Waals surface area contributed by atoms with Gasteiger partial charge in [-0.05, 0) is 24.3 Å². The Morgan fingerprint density at radius 1 is 1.23 bits per heavy atom. The van der Waals surface area contributed by atoms with E-state index in [1.165, 1.54) is 5.56 Å². The molecule has 6 heteroatoms. The standard InChI is InChI=1S/C20H24N2O3S/c1-13(2)14-3-5-15(6-4-14)19-21-17(12-26-19)11-18(23)22-9-7-16(8-10-22)20(24)25/h3-6,12-13,16H,7-11H2,1-2H3,(H,24,25). The first-order chi connectivity index (χ1) is 12.4. The Morgan fingerprint density at radius 2 is 1.88 bits per heavy atom. The van der Waals surface area contributed by atoms with Gasteiger partial charge in [-0.3, -0.25) is 9.59 Å². The number of rotatable bonds is 5. The monoisotopic (exact) mass is 372 g/mol. The number of thiazole rings is 1. The van der Waals surface area contributed by atoms with Gasteiger partial charge in [-0.2, -0.15) is 0 Å². The lowest BCUT2D eigenvalue weighted by molar-refractivity contribution is -0.145. The van der Waals surface area contributed by atoms with Crippen LogP contribution in [0.25, 0.3) is 10.6 Å². The number of carbonyl (C=O) groups excluding carboxylic acids is 1. The zero-order chi connectivity index (χ0) is 18.7. The molecule has 0 unspecified atom stereocenters. The minimum atomic E-state index is -0.760. The van der Waals surface area contributed by atoms with Gasteiger partial charge >= 0.3 is 5.97 Å². The van der Waals surface area contributed by atoms with Crippen molar-refractivity contribution in [1.29, 1.82) is 0 Å². The Bertz CT molecular complexity index is 775. The SMILES string of the molecule is CC(C)c1ccc(-c2nc(CC(=O)N3CCC(C(=O)O)CC3)cs2)cc1. The van der Waals surface area contributed by atoms with Crippen LogP contribution in [0, 0.1) is 5.92 Å². The van der Waals surface area contributed by atoms with E-state index in [-0.39, 0.29) is 18.2 Å². The third kappa shape index (κ3) is 4.30. The van der Waals surface area contributed by atoms with E-state index in [0.717, 1.165) is 16.3 Å². The average Bonchev–Trinajstić information content (AvgIpc) is 3.10. The molecule has 1 aliphatic rings. The van der Waals surface area contributed by atoms with Crippen molar-refractivity contribution in [3.63, 3.8) is 0 Å². The summed E-state index contributed by atoms with van der Waals surface area (Å²) in [6.07, 6.45) is 1.34. The van der Waals surface area contributed by atoms with Crippen LogP contribution in [0.4, 0.5) is 0 Å². The zero-order valence-corrected chi connectivity index (χ0v) is 16.0. The third-order valence-electron chi connectivity index (χ3n) is 4.91. The molecule has 1 aromatic carbocycles. The number of hydrogen-bond donors (Lipinski definition) is 1. The summed E-state index contributed by atoms with van der Waals surface area (Å²) in [5, 5.41) is 11.9. The first kappa shape index (κ1) is 18.6. The molecule has 2 heterocycles. The molecule has 26 heavy (non-hydrogen) atoms. The van der Waals surface area contributed by atoms with Crippen LogP contribution in [0.1, 0.15) is 43.9 Å². The summed E-state index contributed by atoms with van der Waals surface area (Å²) in [4.78, 5) is 29.8. The lowest BCUT2D eigenvalue weighted by Gasteiger charge is -2.30. The number of carboxylic acids is 1. The first-order valence-electron chi connectivity index (χ1n) is 8.99. The van der Waals surface area contributed by atoms with E-state index < -0.39 is 5.97 Å². The summed E-state index contributed by atoms with van der Waals surface area (Å²) in [6.45, 7) is 5.37. The van der Waals surface area contributed by atoms with Gasteiger partial charge in [-0.1, -0.05) is 38.1 Å². The highest BCUT2D eigenvalue weighted by atomic mass is 32.1. The van der Waals surface area contributed by atoms with Crippen LogP contribution in [-0.4, -0.2) is 40.0 Å². The Morgan fingerprint density at radius 3 is 2.46 bits per heavy atom. The zero-order valence-electron chi connectivity index (χ0n) is 15.1. The Kier molecular flexibility index (Phi) is 5.71. The van der Waals surface area contributed by atoms with Gasteiger partial charge in [0, 0.05) is 24.0 Å². The molecule has 1 saturated heterocycles. The molecule has 1 aromatic heterocycles. The molecular formula is C20H24N2O3S. The van der Waals surface area contributed by atoms with Crippen LogP contribution in [-0.2, 0) is 16.0 Å². The highest BCUT2D eigenvalue weighted by molar-refractivity contribution is 7.13. The fourth-order valence-electron chi connectivity index (χ4n) is 3.17. The van der Waals surface area contributed by atoms with E-state index in [4.69, 9.17) is 5.11 Å². The summed E-state index contributed by atoms with van der Waals surface area (Å²) in [6, 6.07) is 8.41. The number of likely N-dealkylation sites (tertiary alicyclic amines) is 1. The predicted octanol–water partition coefficient (Wildman–Crippen LogP) is 3.80. The number of hydrogen-bond acceptors (Lipinski definition) is 4.